The molecular formula is C32H27N3O4S2. The van der Waals surface area contributed by atoms with Crippen LogP contribution in [0.5, 0.6) is 0 Å². The van der Waals surface area contributed by atoms with Gasteiger partial charge in [0, 0.05) is 27.4 Å². The van der Waals surface area contributed by atoms with Gasteiger partial charge in [0.25, 0.3) is 11.8 Å². The number of rotatable bonds is 8. The lowest BCUT2D eigenvalue weighted by molar-refractivity contribution is -0.121. The Morgan fingerprint density at radius 2 is 1.73 bits per heavy atom. The molecule has 0 saturated carbocycles. The van der Waals surface area contributed by atoms with E-state index >= 15 is 0 Å². The largest absolute Gasteiger partial charge is 0.321 e. The smallest absolute Gasteiger partial charge is 0.272 e. The van der Waals surface area contributed by atoms with Crippen LogP contribution in [-0.2, 0) is 14.4 Å². The van der Waals surface area contributed by atoms with E-state index in [1.165, 1.54) is 28.0 Å². The number of aryl methyl sites for hydroxylation is 2. The van der Waals surface area contributed by atoms with Crippen LogP contribution in [0.2, 0.25) is 0 Å². The van der Waals surface area contributed by atoms with Gasteiger partial charge < -0.3 is 10.6 Å². The number of nitrogens with zero attached hydrogens (tertiary/aromatic N) is 1. The van der Waals surface area contributed by atoms with Gasteiger partial charge in [0.2, 0.25) is 11.8 Å². The summed E-state index contributed by atoms with van der Waals surface area (Å²) >= 11 is 2.73. The number of amides is 4. The monoisotopic (exact) mass is 581 g/mol. The first kappa shape index (κ1) is 28.1. The molecular weight excluding hydrogens is 555 g/mol. The molecule has 1 aliphatic rings. The van der Waals surface area contributed by atoms with E-state index < -0.39 is 17.1 Å². The van der Waals surface area contributed by atoms with Crippen LogP contribution in [0.15, 0.2) is 101 Å². The minimum Gasteiger partial charge on any atom is -0.321 e. The van der Waals surface area contributed by atoms with Gasteiger partial charge in [0.15, 0.2) is 0 Å². The Bertz CT molecular complexity index is 1650. The van der Waals surface area contributed by atoms with E-state index in [2.05, 4.69) is 10.6 Å². The van der Waals surface area contributed by atoms with Crippen molar-refractivity contribution in [2.75, 3.05) is 10.2 Å². The standard InChI is InChI=1S/C32H27N3O4S2/c1-20-13-14-24(16-21(20)2)35-29(36)19-28(32(35)39)41-26-11-6-10-23(17-26)33-31(38)27(18-25-12-7-15-40-25)34-30(37)22-8-4-3-5-9-22/h3-18,28H,19H2,1-2H3,(H,33,38)(H,34,37)/b27-18+/t28-/m0/s1. The SMILES string of the molecule is Cc1ccc(N2C(=O)C[C@H](Sc3cccc(NC(=O)/C(=C\c4cccs4)NC(=O)c4ccccc4)c3)C2=O)cc1C. The maximum atomic E-state index is 13.3. The molecule has 5 rings (SSSR count). The van der Waals surface area contributed by atoms with Crippen molar-refractivity contribution < 1.29 is 19.2 Å². The minimum atomic E-state index is -0.575. The summed E-state index contributed by atoms with van der Waals surface area (Å²) in [4.78, 5) is 54.9. The van der Waals surface area contributed by atoms with Crippen molar-refractivity contribution in [2.45, 2.75) is 30.4 Å². The number of hydrogen-bond donors (Lipinski definition) is 2. The minimum absolute atomic E-state index is 0.0895. The number of carbonyl (C=O) groups excluding carboxylic acids is 4. The van der Waals surface area contributed by atoms with Gasteiger partial charge in [-0.15, -0.1) is 23.1 Å². The second-order valence-corrected chi connectivity index (χ2v) is 11.8. The summed E-state index contributed by atoms with van der Waals surface area (Å²) in [5, 5.41) is 6.89. The molecule has 0 spiro atoms. The van der Waals surface area contributed by atoms with Crippen LogP contribution in [0.3, 0.4) is 0 Å². The van der Waals surface area contributed by atoms with Crippen LogP contribution >= 0.6 is 23.1 Å². The Morgan fingerprint density at radius 3 is 2.46 bits per heavy atom. The third-order valence-electron chi connectivity index (χ3n) is 6.58. The summed E-state index contributed by atoms with van der Waals surface area (Å²) < 4.78 is 0. The van der Waals surface area contributed by atoms with E-state index in [1.807, 2.05) is 55.6 Å². The Balaban J connectivity index is 1.30. The molecule has 1 aromatic heterocycles. The molecule has 1 aliphatic heterocycles. The van der Waals surface area contributed by atoms with E-state index in [0.717, 1.165) is 20.9 Å². The van der Waals surface area contributed by atoms with Gasteiger partial charge in [0.1, 0.15) is 5.70 Å². The van der Waals surface area contributed by atoms with Gasteiger partial charge in [-0.05, 0) is 85.0 Å². The quantitative estimate of drug-likeness (QED) is 0.191. The fourth-order valence-electron chi connectivity index (χ4n) is 4.30. The van der Waals surface area contributed by atoms with Crippen molar-refractivity contribution in [3.05, 3.63) is 118 Å². The number of thiophene rings is 1. The van der Waals surface area contributed by atoms with Gasteiger partial charge in [-0.1, -0.05) is 36.4 Å². The number of nitrogens with one attached hydrogen (secondary N) is 2. The average Bonchev–Trinajstić information content (AvgIpc) is 3.57. The fraction of sp³-hybridized carbons (Fsp3) is 0.125. The molecule has 206 valence electrons. The highest BCUT2D eigenvalue weighted by Gasteiger charge is 2.40. The first-order valence-electron chi connectivity index (χ1n) is 12.9. The summed E-state index contributed by atoms with van der Waals surface area (Å²) in [6.07, 6.45) is 1.72. The second-order valence-electron chi connectivity index (χ2n) is 9.52. The van der Waals surface area contributed by atoms with Crippen molar-refractivity contribution in [2.24, 2.45) is 0 Å². The predicted molar refractivity (Wildman–Crippen MR) is 164 cm³/mol. The van der Waals surface area contributed by atoms with Crippen molar-refractivity contribution >= 4 is 64.2 Å². The Morgan fingerprint density at radius 1 is 0.927 bits per heavy atom. The van der Waals surface area contributed by atoms with Crippen molar-refractivity contribution in [3.63, 3.8) is 0 Å². The lowest BCUT2D eigenvalue weighted by Gasteiger charge is -2.16. The lowest BCUT2D eigenvalue weighted by Crippen LogP contribution is -2.31. The molecule has 0 unspecified atom stereocenters. The number of thioether (sulfide) groups is 1. The predicted octanol–water partition coefficient (Wildman–Crippen LogP) is 6.20. The number of anilines is 2. The van der Waals surface area contributed by atoms with Gasteiger partial charge >= 0.3 is 0 Å². The number of carbonyl (C=O) groups is 4. The average molecular weight is 582 g/mol. The van der Waals surface area contributed by atoms with E-state index in [1.54, 1.807) is 54.6 Å². The first-order valence-corrected chi connectivity index (χ1v) is 14.7. The molecule has 0 radical (unpaired) electrons. The second kappa shape index (κ2) is 12.4. The third-order valence-corrected chi connectivity index (χ3v) is 8.58. The molecule has 7 nitrogen and oxygen atoms in total. The molecule has 0 aliphatic carbocycles. The van der Waals surface area contributed by atoms with E-state index in [-0.39, 0.29) is 23.9 Å². The number of hydrogen-bond acceptors (Lipinski definition) is 6. The van der Waals surface area contributed by atoms with Crippen molar-refractivity contribution in [1.29, 1.82) is 0 Å². The normalized spacial score (nSPS) is 15.2. The van der Waals surface area contributed by atoms with Gasteiger partial charge in [-0.2, -0.15) is 0 Å². The van der Waals surface area contributed by atoms with Crippen LogP contribution in [0.4, 0.5) is 11.4 Å². The number of imide groups is 1. The lowest BCUT2D eigenvalue weighted by atomic mass is 10.1. The zero-order valence-electron chi connectivity index (χ0n) is 22.4. The van der Waals surface area contributed by atoms with E-state index in [4.69, 9.17) is 0 Å². The zero-order valence-corrected chi connectivity index (χ0v) is 24.1. The van der Waals surface area contributed by atoms with Crippen LogP contribution in [-0.4, -0.2) is 28.9 Å². The maximum absolute atomic E-state index is 13.3. The van der Waals surface area contributed by atoms with E-state index in [0.29, 0.717) is 16.9 Å². The Labute approximate surface area is 246 Å². The third kappa shape index (κ3) is 6.65. The first-order chi connectivity index (χ1) is 19.8. The van der Waals surface area contributed by atoms with Crippen molar-refractivity contribution in [3.8, 4) is 0 Å². The van der Waals surface area contributed by atoms with Crippen LogP contribution in [0, 0.1) is 13.8 Å². The topological polar surface area (TPSA) is 95.6 Å². The van der Waals surface area contributed by atoms with Gasteiger partial charge in [0.05, 0.1) is 10.9 Å². The molecule has 1 saturated heterocycles. The van der Waals surface area contributed by atoms with Gasteiger partial charge in [-0.25, -0.2) is 4.90 Å². The molecule has 2 N–H and O–H groups in total. The van der Waals surface area contributed by atoms with Crippen molar-refractivity contribution in [1.82, 2.24) is 5.32 Å². The van der Waals surface area contributed by atoms with Crippen LogP contribution < -0.4 is 15.5 Å². The molecule has 9 heteroatoms. The molecule has 2 heterocycles. The molecule has 1 atom stereocenters. The molecule has 4 aromatic rings. The highest BCUT2D eigenvalue weighted by atomic mass is 32.2. The van der Waals surface area contributed by atoms with Crippen LogP contribution in [0.25, 0.3) is 6.08 Å². The summed E-state index contributed by atoms with van der Waals surface area (Å²) in [5.74, 6) is -1.39. The summed E-state index contributed by atoms with van der Waals surface area (Å²) in [6.45, 7) is 3.93. The molecule has 3 aromatic carbocycles. The maximum Gasteiger partial charge on any atom is 0.272 e. The highest BCUT2D eigenvalue weighted by molar-refractivity contribution is 8.00. The number of benzene rings is 3. The van der Waals surface area contributed by atoms with E-state index in [9.17, 15) is 19.2 Å². The molecule has 4 amide bonds. The molecule has 0 bridgehead atoms. The summed E-state index contributed by atoms with van der Waals surface area (Å²) in [7, 11) is 0. The highest BCUT2D eigenvalue weighted by Crippen LogP contribution is 2.35. The van der Waals surface area contributed by atoms with Gasteiger partial charge in [-0.3, -0.25) is 19.2 Å². The summed E-state index contributed by atoms with van der Waals surface area (Å²) in [6, 6.07) is 25.0. The Kier molecular flexibility index (Phi) is 8.47. The molecule has 41 heavy (non-hydrogen) atoms. The fourth-order valence-corrected chi connectivity index (χ4v) is 6.07. The van der Waals surface area contributed by atoms with Crippen LogP contribution in [0.1, 0.15) is 32.8 Å². The zero-order chi connectivity index (χ0) is 28.9. The molecule has 1 fully saturated rings. The summed E-state index contributed by atoms with van der Waals surface area (Å²) in [5.41, 5.74) is 3.70. The Hall–Kier alpha value is -4.47.